The molecule has 4 nitrogen and oxygen atoms in total. The summed E-state index contributed by atoms with van der Waals surface area (Å²) in [5, 5.41) is 19.4. The number of fused-ring (bicyclic) bond motifs is 3. The van der Waals surface area contributed by atoms with Crippen molar-refractivity contribution in [1.29, 1.82) is 10.5 Å². The van der Waals surface area contributed by atoms with Gasteiger partial charge in [0.05, 0.1) is 5.56 Å². The fourth-order valence-corrected chi connectivity index (χ4v) is 5.67. The van der Waals surface area contributed by atoms with Gasteiger partial charge in [0.15, 0.2) is 0 Å². The van der Waals surface area contributed by atoms with E-state index in [1.807, 2.05) is 13.0 Å². The summed E-state index contributed by atoms with van der Waals surface area (Å²) in [5.41, 5.74) is 2.49. The van der Waals surface area contributed by atoms with Crippen LogP contribution in [0.4, 0.5) is 0 Å². The Morgan fingerprint density at radius 1 is 0.933 bits per heavy atom. The zero-order chi connectivity index (χ0) is 21.6. The summed E-state index contributed by atoms with van der Waals surface area (Å²) in [6.07, 6.45) is 14.5. The molecule has 30 heavy (non-hydrogen) atoms. The third-order valence-corrected chi connectivity index (χ3v) is 7.70. The van der Waals surface area contributed by atoms with E-state index in [4.69, 9.17) is 4.74 Å². The van der Waals surface area contributed by atoms with Gasteiger partial charge in [0, 0.05) is 6.42 Å². The number of ether oxygens (including phenoxy) is 1. The highest BCUT2D eigenvalue weighted by Crippen LogP contribution is 2.60. The van der Waals surface area contributed by atoms with Crippen molar-refractivity contribution in [2.75, 3.05) is 0 Å². The number of esters is 1. The number of carbonyl (C=O) groups is 1. The van der Waals surface area contributed by atoms with Crippen LogP contribution >= 0.6 is 0 Å². The summed E-state index contributed by atoms with van der Waals surface area (Å²) in [5.74, 6) is -0.124. The molecule has 0 saturated heterocycles. The average molecular weight is 407 g/mol. The highest BCUT2D eigenvalue weighted by atomic mass is 16.5. The van der Waals surface area contributed by atoms with Crippen LogP contribution in [0.15, 0.2) is 12.1 Å². The maximum Gasteiger partial charge on any atom is 0.311 e. The molecule has 160 valence electrons. The molecule has 3 saturated carbocycles. The van der Waals surface area contributed by atoms with Gasteiger partial charge in [0.1, 0.15) is 23.5 Å². The maximum atomic E-state index is 12.0. The Morgan fingerprint density at radius 3 is 2.07 bits per heavy atom. The van der Waals surface area contributed by atoms with E-state index in [9.17, 15) is 15.3 Å². The molecular weight excluding hydrogens is 372 g/mol. The number of hydrogen-bond acceptors (Lipinski definition) is 4. The van der Waals surface area contributed by atoms with Crippen molar-refractivity contribution in [3.63, 3.8) is 0 Å². The number of carbonyl (C=O) groups excluding carboxylic acids is 1. The lowest BCUT2D eigenvalue weighted by atomic mass is 9.51. The van der Waals surface area contributed by atoms with Crippen LogP contribution in [0.3, 0.4) is 0 Å². The molecule has 0 radical (unpaired) electrons. The number of unbranched alkanes of at least 4 members (excludes halogenated alkanes) is 1. The molecular formula is C26H34N2O2. The Kier molecular flexibility index (Phi) is 7.19. The number of hydrogen-bond donors (Lipinski definition) is 0. The minimum Gasteiger partial charge on any atom is -0.425 e. The monoisotopic (exact) mass is 406 g/mol. The summed E-state index contributed by atoms with van der Waals surface area (Å²) >= 11 is 0. The largest absolute Gasteiger partial charge is 0.425 e. The Morgan fingerprint density at radius 2 is 1.53 bits per heavy atom. The second-order valence-corrected chi connectivity index (χ2v) is 9.52. The van der Waals surface area contributed by atoms with Gasteiger partial charge in [-0.25, -0.2) is 0 Å². The minimum absolute atomic E-state index is 0.201. The number of nitrogens with zero attached hydrogens (tertiary/aromatic N) is 2. The minimum atomic E-state index is -0.344. The first-order valence-electron chi connectivity index (χ1n) is 11.7. The Bertz CT molecular complexity index is 834. The zero-order valence-corrected chi connectivity index (χ0v) is 18.6. The van der Waals surface area contributed by atoms with Gasteiger partial charge in [-0.3, -0.25) is 4.79 Å². The van der Waals surface area contributed by atoms with Gasteiger partial charge in [-0.2, -0.15) is 10.5 Å². The molecule has 0 aliphatic heterocycles. The molecule has 1 aromatic rings. The smallest absolute Gasteiger partial charge is 0.311 e. The van der Waals surface area contributed by atoms with Crippen LogP contribution in [0.5, 0.6) is 5.75 Å². The van der Waals surface area contributed by atoms with Crippen molar-refractivity contribution in [2.45, 2.75) is 97.3 Å². The molecule has 0 atom stereocenters. The third kappa shape index (κ3) is 4.70. The molecule has 0 unspecified atom stereocenters. The van der Waals surface area contributed by atoms with E-state index in [-0.39, 0.29) is 17.3 Å². The van der Waals surface area contributed by atoms with Gasteiger partial charge in [-0.1, -0.05) is 32.8 Å². The van der Waals surface area contributed by atoms with E-state index in [0.717, 1.165) is 31.2 Å². The van der Waals surface area contributed by atoms with Crippen LogP contribution in [-0.4, -0.2) is 5.97 Å². The van der Waals surface area contributed by atoms with Crippen LogP contribution in [0.2, 0.25) is 0 Å². The normalized spacial score (nSPS) is 24.8. The second-order valence-electron chi connectivity index (χ2n) is 9.52. The summed E-state index contributed by atoms with van der Waals surface area (Å²) in [6.45, 7) is 4.31. The van der Waals surface area contributed by atoms with Crippen LogP contribution < -0.4 is 4.74 Å². The van der Waals surface area contributed by atoms with E-state index < -0.39 is 0 Å². The molecule has 4 heteroatoms. The van der Waals surface area contributed by atoms with Gasteiger partial charge < -0.3 is 4.74 Å². The number of benzene rings is 1. The predicted molar refractivity (Wildman–Crippen MR) is 117 cm³/mol. The molecule has 3 aliphatic rings. The van der Waals surface area contributed by atoms with Crippen LogP contribution in [0, 0.1) is 33.5 Å². The standard InChI is InChI=1S/C26H34N2O2/c1-3-5-6-24(29)30-23-8-7-20(21(18-27)22(23)19-28)9-11-26-15-12-25(10-4-2,13-16-26)14-17-26/h7-8H,3-6,9-17H2,1-2H3. The number of aryl methyl sites for hydroxylation is 1. The second kappa shape index (κ2) is 9.65. The van der Waals surface area contributed by atoms with Gasteiger partial charge >= 0.3 is 5.97 Å². The average Bonchev–Trinajstić information content (AvgIpc) is 2.77. The first-order valence-corrected chi connectivity index (χ1v) is 11.7. The third-order valence-electron chi connectivity index (χ3n) is 7.70. The fourth-order valence-electron chi connectivity index (χ4n) is 5.67. The van der Waals surface area contributed by atoms with Gasteiger partial charge in [0.25, 0.3) is 0 Å². The van der Waals surface area contributed by atoms with E-state index in [2.05, 4.69) is 19.1 Å². The van der Waals surface area contributed by atoms with Gasteiger partial charge in [-0.15, -0.1) is 0 Å². The number of nitriles is 2. The SMILES string of the molecule is CCCCC(=O)Oc1ccc(CCC23CCC(CCC)(CC2)CC3)c(C#N)c1C#N. The lowest BCUT2D eigenvalue weighted by Gasteiger charge is -2.54. The Labute approximate surface area is 181 Å². The molecule has 1 aromatic carbocycles. The van der Waals surface area contributed by atoms with Crippen molar-refractivity contribution >= 4 is 5.97 Å². The highest BCUT2D eigenvalue weighted by molar-refractivity contribution is 5.74. The van der Waals surface area contributed by atoms with E-state index in [1.54, 1.807) is 6.07 Å². The van der Waals surface area contributed by atoms with E-state index in [1.165, 1.54) is 51.4 Å². The lowest BCUT2D eigenvalue weighted by molar-refractivity contribution is -0.134. The topological polar surface area (TPSA) is 73.9 Å². The molecule has 2 bridgehead atoms. The zero-order valence-electron chi connectivity index (χ0n) is 18.6. The molecule has 0 heterocycles. The molecule has 4 rings (SSSR count). The van der Waals surface area contributed by atoms with Gasteiger partial charge in [0.2, 0.25) is 0 Å². The molecule has 0 aromatic heterocycles. The van der Waals surface area contributed by atoms with Crippen molar-refractivity contribution in [2.24, 2.45) is 10.8 Å². The molecule has 3 aliphatic carbocycles. The maximum absolute atomic E-state index is 12.0. The van der Waals surface area contributed by atoms with Crippen molar-refractivity contribution in [3.8, 4) is 17.9 Å². The Balaban J connectivity index is 1.71. The van der Waals surface area contributed by atoms with Crippen LogP contribution in [-0.2, 0) is 11.2 Å². The lowest BCUT2D eigenvalue weighted by Crippen LogP contribution is -2.41. The first kappa shape index (κ1) is 22.4. The van der Waals surface area contributed by atoms with Crippen molar-refractivity contribution in [1.82, 2.24) is 0 Å². The van der Waals surface area contributed by atoms with E-state index in [0.29, 0.717) is 22.8 Å². The summed E-state index contributed by atoms with van der Waals surface area (Å²) < 4.78 is 5.40. The summed E-state index contributed by atoms with van der Waals surface area (Å²) in [6, 6.07) is 7.89. The predicted octanol–water partition coefficient (Wildman–Crippen LogP) is 6.60. The van der Waals surface area contributed by atoms with Crippen molar-refractivity contribution < 1.29 is 9.53 Å². The van der Waals surface area contributed by atoms with Crippen molar-refractivity contribution in [3.05, 3.63) is 28.8 Å². The summed E-state index contributed by atoms with van der Waals surface area (Å²) in [7, 11) is 0. The quantitative estimate of drug-likeness (QED) is 0.342. The van der Waals surface area contributed by atoms with Crippen LogP contribution in [0.25, 0.3) is 0 Å². The number of rotatable bonds is 9. The molecule has 0 amide bonds. The summed E-state index contributed by atoms with van der Waals surface area (Å²) in [4.78, 5) is 12.0. The van der Waals surface area contributed by atoms with Gasteiger partial charge in [-0.05, 0) is 86.7 Å². The highest BCUT2D eigenvalue weighted by Gasteiger charge is 2.47. The molecule has 3 fully saturated rings. The van der Waals surface area contributed by atoms with E-state index >= 15 is 0 Å². The van der Waals surface area contributed by atoms with Crippen LogP contribution in [0.1, 0.15) is 108 Å². The Hall–Kier alpha value is -2.33. The molecule has 0 spiro atoms. The fraction of sp³-hybridized carbons (Fsp3) is 0.654. The molecule has 0 N–H and O–H groups in total. The first-order chi connectivity index (χ1) is 14.5.